The fourth-order valence-electron chi connectivity index (χ4n) is 2.39. The Morgan fingerprint density at radius 1 is 1.33 bits per heavy atom. The van der Waals surface area contributed by atoms with Crippen molar-refractivity contribution in [2.45, 2.75) is 25.4 Å². The minimum Gasteiger partial charge on any atom is -0.376 e. The molecule has 1 saturated heterocycles. The van der Waals surface area contributed by atoms with Crippen LogP contribution in [0.4, 0.5) is 0 Å². The van der Waals surface area contributed by atoms with Crippen molar-refractivity contribution in [3.05, 3.63) is 22.2 Å². The number of hydrogen-bond donors (Lipinski definition) is 0. The Balaban J connectivity index is 1.96. The molecule has 1 aromatic rings. The van der Waals surface area contributed by atoms with Crippen molar-refractivity contribution in [2.75, 3.05) is 18.1 Å². The standard InChI is InChI=1S/C11H13ClN2O3S/c12-10-8-5-17-3-1-9(8)13-11(14-10)7-2-4-18(15,16)6-7/h7H,1-6H2. The van der Waals surface area contributed by atoms with Gasteiger partial charge in [-0.3, -0.25) is 0 Å². The quantitative estimate of drug-likeness (QED) is 0.724. The lowest BCUT2D eigenvalue weighted by molar-refractivity contribution is 0.108. The van der Waals surface area contributed by atoms with Gasteiger partial charge in [-0.15, -0.1) is 0 Å². The molecule has 3 heterocycles. The highest BCUT2D eigenvalue weighted by molar-refractivity contribution is 7.91. The normalized spacial score (nSPS) is 25.9. The summed E-state index contributed by atoms with van der Waals surface area (Å²) in [5.74, 6) is 0.819. The van der Waals surface area contributed by atoms with Crippen LogP contribution in [0.15, 0.2) is 0 Å². The van der Waals surface area contributed by atoms with Crippen LogP contribution in [0.2, 0.25) is 5.15 Å². The molecule has 0 radical (unpaired) electrons. The van der Waals surface area contributed by atoms with E-state index >= 15 is 0 Å². The van der Waals surface area contributed by atoms with Gasteiger partial charge < -0.3 is 4.74 Å². The Morgan fingerprint density at radius 3 is 2.89 bits per heavy atom. The van der Waals surface area contributed by atoms with Gasteiger partial charge in [0.05, 0.1) is 30.4 Å². The number of halogens is 1. The van der Waals surface area contributed by atoms with Gasteiger partial charge in [0, 0.05) is 17.9 Å². The van der Waals surface area contributed by atoms with Gasteiger partial charge in [0.25, 0.3) is 0 Å². The Labute approximate surface area is 110 Å². The third-order valence-corrected chi connectivity index (χ3v) is 5.47. The Morgan fingerprint density at radius 2 is 2.17 bits per heavy atom. The van der Waals surface area contributed by atoms with E-state index in [-0.39, 0.29) is 17.4 Å². The van der Waals surface area contributed by atoms with Gasteiger partial charge >= 0.3 is 0 Å². The summed E-state index contributed by atoms with van der Waals surface area (Å²) in [5, 5.41) is 0.402. The van der Waals surface area contributed by atoms with Crippen molar-refractivity contribution in [1.82, 2.24) is 9.97 Å². The van der Waals surface area contributed by atoms with Crippen LogP contribution in [0.25, 0.3) is 0 Å². The summed E-state index contributed by atoms with van der Waals surface area (Å²) in [6.45, 7) is 1.07. The van der Waals surface area contributed by atoms with E-state index < -0.39 is 9.84 Å². The van der Waals surface area contributed by atoms with Crippen molar-refractivity contribution in [2.24, 2.45) is 0 Å². The zero-order valence-electron chi connectivity index (χ0n) is 9.73. The van der Waals surface area contributed by atoms with Crippen LogP contribution in [-0.4, -0.2) is 36.5 Å². The number of rotatable bonds is 1. The summed E-state index contributed by atoms with van der Waals surface area (Å²) in [6.07, 6.45) is 1.30. The van der Waals surface area contributed by atoms with Crippen LogP contribution in [0, 0.1) is 0 Å². The molecule has 0 N–H and O–H groups in total. The van der Waals surface area contributed by atoms with E-state index in [0.29, 0.717) is 37.0 Å². The van der Waals surface area contributed by atoms with Crippen LogP contribution in [0.3, 0.4) is 0 Å². The summed E-state index contributed by atoms with van der Waals surface area (Å²) < 4.78 is 28.3. The zero-order valence-corrected chi connectivity index (χ0v) is 11.3. The van der Waals surface area contributed by atoms with Crippen LogP contribution in [-0.2, 0) is 27.6 Å². The van der Waals surface area contributed by atoms with Gasteiger partial charge in [-0.1, -0.05) is 11.6 Å². The molecule has 0 spiro atoms. The molecule has 0 aliphatic carbocycles. The van der Waals surface area contributed by atoms with Gasteiger partial charge in [0.2, 0.25) is 0 Å². The average Bonchev–Trinajstić information content (AvgIpc) is 2.70. The van der Waals surface area contributed by atoms with Gasteiger partial charge in [0.1, 0.15) is 11.0 Å². The summed E-state index contributed by atoms with van der Waals surface area (Å²) in [7, 11) is -2.93. The maximum Gasteiger partial charge on any atom is 0.151 e. The van der Waals surface area contributed by atoms with Gasteiger partial charge in [-0.25, -0.2) is 18.4 Å². The van der Waals surface area contributed by atoms with E-state index in [2.05, 4.69) is 9.97 Å². The van der Waals surface area contributed by atoms with Crippen molar-refractivity contribution in [1.29, 1.82) is 0 Å². The third kappa shape index (κ3) is 2.24. The first kappa shape index (κ1) is 12.3. The number of fused-ring (bicyclic) bond motifs is 1. The van der Waals surface area contributed by atoms with Crippen LogP contribution in [0.5, 0.6) is 0 Å². The smallest absolute Gasteiger partial charge is 0.151 e. The first-order chi connectivity index (χ1) is 8.55. The van der Waals surface area contributed by atoms with Gasteiger partial charge in [0.15, 0.2) is 9.84 Å². The molecule has 1 fully saturated rings. The molecule has 2 aliphatic heterocycles. The number of aromatic nitrogens is 2. The van der Waals surface area contributed by atoms with Crippen molar-refractivity contribution in [3.63, 3.8) is 0 Å². The molecule has 0 aromatic carbocycles. The summed E-state index contributed by atoms with van der Waals surface area (Å²) >= 11 is 6.12. The Bertz CT molecular complexity index is 588. The SMILES string of the molecule is O=S1(=O)CCC(c2nc(Cl)c3c(n2)CCOC3)C1. The first-order valence-electron chi connectivity index (χ1n) is 5.88. The van der Waals surface area contributed by atoms with Crippen LogP contribution >= 0.6 is 11.6 Å². The van der Waals surface area contributed by atoms with E-state index in [9.17, 15) is 8.42 Å². The van der Waals surface area contributed by atoms with Crippen molar-refractivity contribution >= 4 is 21.4 Å². The lowest BCUT2D eigenvalue weighted by Gasteiger charge is -2.18. The molecule has 3 rings (SSSR count). The van der Waals surface area contributed by atoms with E-state index in [0.717, 1.165) is 11.3 Å². The van der Waals surface area contributed by atoms with Crippen LogP contribution < -0.4 is 0 Å². The van der Waals surface area contributed by atoms with E-state index in [1.165, 1.54) is 0 Å². The van der Waals surface area contributed by atoms with E-state index in [1.807, 2.05) is 0 Å². The molecule has 18 heavy (non-hydrogen) atoms. The van der Waals surface area contributed by atoms with Gasteiger partial charge in [-0.2, -0.15) is 0 Å². The zero-order chi connectivity index (χ0) is 12.8. The number of ether oxygens (including phenoxy) is 1. The molecule has 0 amide bonds. The molecule has 1 aromatic heterocycles. The maximum atomic E-state index is 11.5. The monoisotopic (exact) mass is 288 g/mol. The molecule has 98 valence electrons. The Kier molecular flexibility index (Phi) is 3.03. The van der Waals surface area contributed by atoms with Crippen molar-refractivity contribution in [3.8, 4) is 0 Å². The molecule has 2 aliphatic rings. The molecule has 1 unspecified atom stereocenters. The lowest BCUT2D eigenvalue weighted by Crippen LogP contribution is -2.17. The van der Waals surface area contributed by atoms with E-state index in [1.54, 1.807) is 0 Å². The molecule has 7 heteroatoms. The molecular weight excluding hydrogens is 276 g/mol. The highest BCUT2D eigenvalue weighted by atomic mass is 35.5. The molecule has 5 nitrogen and oxygen atoms in total. The predicted molar refractivity (Wildman–Crippen MR) is 66.4 cm³/mol. The minimum absolute atomic E-state index is 0.111. The first-order valence-corrected chi connectivity index (χ1v) is 8.08. The predicted octanol–water partition coefficient (Wildman–Crippen LogP) is 1.10. The molecule has 0 bridgehead atoms. The van der Waals surface area contributed by atoms with E-state index in [4.69, 9.17) is 16.3 Å². The third-order valence-electron chi connectivity index (χ3n) is 3.39. The summed E-state index contributed by atoms with van der Waals surface area (Å²) in [6, 6.07) is 0. The molecule has 0 saturated carbocycles. The fraction of sp³-hybridized carbons (Fsp3) is 0.636. The van der Waals surface area contributed by atoms with Gasteiger partial charge in [-0.05, 0) is 6.42 Å². The number of hydrogen-bond acceptors (Lipinski definition) is 5. The number of sulfone groups is 1. The second-order valence-corrected chi connectivity index (χ2v) is 7.29. The molecular formula is C11H13ClN2O3S. The maximum absolute atomic E-state index is 11.5. The largest absolute Gasteiger partial charge is 0.376 e. The van der Waals surface area contributed by atoms with Crippen LogP contribution in [0.1, 0.15) is 29.4 Å². The Hall–Kier alpha value is -0.720. The van der Waals surface area contributed by atoms with Crippen molar-refractivity contribution < 1.29 is 13.2 Å². The topological polar surface area (TPSA) is 69.2 Å². The average molecular weight is 289 g/mol. The summed E-state index contributed by atoms with van der Waals surface area (Å²) in [5.41, 5.74) is 1.74. The second-order valence-electron chi connectivity index (χ2n) is 4.70. The second kappa shape index (κ2) is 4.43. The molecule has 1 atom stereocenters. The summed E-state index contributed by atoms with van der Waals surface area (Å²) in [4.78, 5) is 8.73. The fourth-order valence-corrected chi connectivity index (χ4v) is 4.38. The highest BCUT2D eigenvalue weighted by Crippen LogP contribution is 2.30. The lowest BCUT2D eigenvalue weighted by atomic mass is 10.1. The minimum atomic E-state index is -2.93. The number of nitrogens with zero attached hydrogens (tertiary/aromatic N) is 2. The highest BCUT2D eigenvalue weighted by Gasteiger charge is 2.32.